The minimum Gasteiger partial charge on any atom is -0.478 e. The molecule has 2 heterocycles. The maximum atomic E-state index is 5.46. The number of aromatic nitrogens is 2. The number of ether oxygens (including phenoxy) is 1. The molecule has 1 aromatic rings. The van der Waals surface area contributed by atoms with Crippen LogP contribution in [0.25, 0.3) is 0 Å². The van der Waals surface area contributed by atoms with Gasteiger partial charge in [0.15, 0.2) is 0 Å². The van der Waals surface area contributed by atoms with Crippen LogP contribution in [0.1, 0.15) is 12.5 Å². The molecule has 1 aliphatic heterocycles. The number of hydrogen-bond acceptors (Lipinski definition) is 6. The molecule has 0 radical (unpaired) electrons. The summed E-state index contributed by atoms with van der Waals surface area (Å²) in [6, 6.07) is 0. The van der Waals surface area contributed by atoms with Crippen LogP contribution in [-0.4, -0.2) is 60.7 Å². The Kier molecular flexibility index (Phi) is 5.35. The molecule has 1 aliphatic rings. The maximum Gasteiger partial charge on any atom is 0.221 e. The van der Waals surface area contributed by atoms with E-state index in [-0.39, 0.29) is 0 Å². The summed E-state index contributed by atoms with van der Waals surface area (Å²) in [5.74, 6) is 1.54. The molecule has 6 heteroatoms. The number of nitrogens with zero attached hydrogens (tertiary/aromatic N) is 3. The molecule has 0 saturated carbocycles. The molecule has 1 saturated heterocycles. The Balaban J connectivity index is 1.83. The molecule has 1 fully saturated rings. The average molecular weight is 265 g/mol. The van der Waals surface area contributed by atoms with Crippen molar-refractivity contribution < 1.29 is 4.74 Å². The molecule has 6 nitrogen and oxygen atoms in total. The summed E-state index contributed by atoms with van der Waals surface area (Å²) in [7, 11) is 0. The Labute approximate surface area is 114 Å². The smallest absolute Gasteiger partial charge is 0.221 e. The second kappa shape index (κ2) is 7.25. The SMILES string of the molecule is CCOc1ncnc(NCCN2CCNCC2)c1C. The first kappa shape index (κ1) is 14.0. The van der Waals surface area contributed by atoms with Crippen molar-refractivity contribution in [1.82, 2.24) is 20.2 Å². The van der Waals surface area contributed by atoms with Gasteiger partial charge in [-0.25, -0.2) is 9.97 Å². The highest BCUT2D eigenvalue weighted by Gasteiger charge is 2.10. The van der Waals surface area contributed by atoms with E-state index in [1.807, 2.05) is 13.8 Å². The highest BCUT2D eigenvalue weighted by Crippen LogP contribution is 2.19. The summed E-state index contributed by atoms with van der Waals surface area (Å²) in [6.07, 6.45) is 1.55. The Morgan fingerprint density at radius 1 is 1.37 bits per heavy atom. The van der Waals surface area contributed by atoms with E-state index in [0.717, 1.165) is 50.6 Å². The fraction of sp³-hybridized carbons (Fsp3) is 0.692. The molecular weight excluding hydrogens is 242 g/mol. The first-order chi connectivity index (χ1) is 9.31. The largest absolute Gasteiger partial charge is 0.478 e. The van der Waals surface area contributed by atoms with Gasteiger partial charge in [0.1, 0.15) is 12.1 Å². The van der Waals surface area contributed by atoms with Crippen LogP contribution in [0.2, 0.25) is 0 Å². The Morgan fingerprint density at radius 3 is 2.89 bits per heavy atom. The molecule has 0 unspecified atom stereocenters. The van der Waals surface area contributed by atoms with Crippen molar-refractivity contribution in [2.45, 2.75) is 13.8 Å². The van der Waals surface area contributed by atoms with E-state index < -0.39 is 0 Å². The fourth-order valence-electron chi connectivity index (χ4n) is 2.16. The van der Waals surface area contributed by atoms with E-state index in [1.165, 1.54) is 0 Å². The topological polar surface area (TPSA) is 62.3 Å². The van der Waals surface area contributed by atoms with Crippen molar-refractivity contribution in [3.05, 3.63) is 11.9 Å². The van der Waals surface area contributed by atoms with Gasteiger partial charge in [0, 0.05) is 39.3 Å². The van der Waals surface area contributed by atoms with Crippen LogP contribution in [0, 0.1) is 6.92 Å². The fourth-order valence-corrected chi connectivity index (χ4v) is 2.16. The van der Waals surface area contributed by atoms with Gasteiger partial charge < -0.3 is 15.4 Å². The minimum atomic E-state index is 0.623. The Hall–Kier alpha value is -1.40. The van der Waals surface area contributed by atoms with Gasteiger partial charge in [-0.2, -0.15) is 0 Å². The van der Waals surface area contributed by atoms with Gasteiger partial charge in [0.25, 0.3) is 0 Å². The van der Waals surface area contributed by atoms with Crippen molar-refractivity contribution in [3.63, 3.8) is 0 Å². The zero-order valence-electron chi connectivity index (χ0n) is 11.8. The monoisotopic (exact) mass is 265 g/mol. The van der Waals surface area contributed by atoms with Crippen LogP contribution in [0.4, 0.5) is 5.82 Å². The van der Waals surface area contributed by atoms with Crippen LogP contribution >= 0.6 is 0 Å². The number of nitrogens with one attached hydrogen (secondary N) is 2. The Bertz CT molecular complexity index is 393. The maximum absolute atomic E-state index is 5.46. The van der Waals surface area contributed by atoms with Gasteiger partial charge in [-0.15, -0.1) is 0 Å². The first-order valence-corrected chi connectivity index (χ1v) is 6.92. The van der Waals surface area contributed by atoms with E-state index in [2.05, 4.69) is 25.5 Å². The molecule has 0 spiro atoms. The molecule has 1 aromatic heterocycles. The zero-order chi connectivity index (χ0) is 13.5. The molecule has 0 bridgehead atoms. The van der Waals surface area contributed by atoms with Crippen LogP contribution < -0.4 is 15.4 Å². The van der Waals surface area contributed by atoms with Crippen molar-refractivity contribution in [2.24, 2.45) is 0 Å². The van der Waals surface area contributed by atoms with Crippen molar-refractivity contribution in [2.75, 3.05) is 51.2 Å². The normalized spacial score (nSPS) is 16.3. The molecule has 106 valence electrons. The van der Waals surface area contributed by atoms with Crippen LogP contribution in [0.3, 0.4) is 0 Å². The van der Waals surface area contributed by atoms with Crippen LogP contribution in [0.15, 0.2) is 6.33 Å². The summed E-state index contributed by atoms with van der Waals surface area (Å²) in [4.78, 5) is 10.9. The van der Waals surface area contributed by atoms with E-state index in [4.69, 9.17) is 4.74 Å². The van der Waals surface area contributed by atoms with E-state index in [1.54, 1.807) is 6.33 Å². The molecule has 2 rings (SSSR count). The second-order valence-electron chi connectivity index (χ2n) is 4.60. The van der Waals surface area contributed by atoms with Crippen LogP contribution in [-0.2, 0) is 0 Å². The molecule has 0 aliphatic carbocycles. The lowest BCUT2D eigenvalue weighted by Gasteiger charge is -2.27. The number of piperazine rings is 1. The predicted molar refractivity (Wildman–Crippen MR) is 75.7 cm³/mol. The highest BCUT2D eigenvalue weighted by molar-refractivity contribution is 5.47. The number of rotatable bonds is 6. The van der Waals surface area contributed by atoms with Crippen molar-refractivity contribution in [3.8, 4) is 5.88 Å². The average Bonchev–Trinajstić information content (AvgIpc) is 2.44. The third-order valence-corrected chi connectivity index (χ3v) is 3.25. The van der Waals surface area contributed by atoms with Gasteiger partial charge in [-0.3, -0.25) is 4.90 Å². The van der Waals surface area contributed by atoms with E-state index in [9.17, 15) is 0 Å². The summed E-state index contributed by atoms with van der Waals surface area (Å²) < 4.78 is 5.46. The first-order valence-electron chi connectivity index (χ1n) is 6.92. The molecule has 0 aromatic carbocycles. The number of anilines is 1. The standard InChI is InChI=1S/C13H23N5O/c1-3-19-13-11(2)12(16-10-17-13)15-6-9-18-7-4-14-5-8-18/h10,14H,3-9H2,1-2H3,(H,15,16,17). The summed E-state index contributed by atoms with van der Waals surface area (Å²) >= 11 is 0. The van der Waals surface area contributed by atoms with Gasteiger partial charge in [0.2, 0.25) is 5.88 Å². The van der Waals surface area contributed by atoms with Crippen LogP contribution in [0.5, 0.6) is 5.88 Å². The lowest BCUT2D eigenvalue weighted by Crippen LogP contribution is -2.45. The number of hydrogen-bond donors (Lipinski definition) is 2. The van der Waals surface area contributed by atoms with Crippen molar-refractivity contribution in [1.29, 1.82) is 0 Å². The molecular formula is C13H23N5O. The quantitative estimate of drug-likeness (QED) is 0.781. The van der Waals surface area contributed by atoms with Gasteiger partial charge in [0.05, 0.1) is 12.2 Å². The zero-order valence-corrected chi connectivity index (χ0v) is 11.8. The molecule has 19 heavy (non-hydrogen) atoms. The lowest BCUT2D eigenvalue weighted by atomic mass is 10.3. The Morgan fingerprint density at radius 2 is 2.16 bits per heavy atom. The minimum absolute atomic E-state index is 0.623. The van der Waals surface area contributed by atoms with Gasteiger partial charge in [-0.05, 0) is 13.8 Å². The van der Waals surface area contributed by atoms with Gasteiger partial charge in [-0.1, -0.05) is 0 Å². The lowest BCUT2D eigenvalue weighted by molar-refractivity contribution is 0.249. The van der Waals surface area contributed by atoms with Gasteiger partial charge >= 0.3 is 0 Å². The second-order valence-corrected chi connectivity index (χ2v) is 4.60. The third kappa shape index (κ3) is 4.04. The highest BCUT2D eigenvalue weighted by atomic mass is 16.5. The van der Waals surface area contributed by atoms with E-state index >= 15 is 0 Å². The summed E-state index contributed by atoms with van der Waals surface area (Å²) in [5, 5.41) is 6.72. The molecule has 2 N–H and O–H groups in total. The predicted octanol–water partition coefficient (Wildman–Crippen LogP) is 0.501. The van der Waals surface area contributed by atoms with Crippen molar-refractivity contribution >= 4 is 5.82 Å². The van der Waals surface area contributed by atoms with E-state index in [0.29, 0.717) is 12.5 Å². The summed E-state index contributed by atoms with van der Waals surface area (Å²) in [5.41, 5.74) is 0.977. The summed E-state index contributed by atoms with van der Waals surface area (Å²) in [6.45, 7) is 10.9. The third-order valence-electron chi connectivity index (χ3n) is 3.25. The molecule has 0 atom stereocenters. The molecule has 0 amide bonds.